The highest BCUT2D eigenvalue weighted by atomic mass is 16.6. The van der Waals surface area contributed by atoms with Crippen LogP contribution in [0, 0.1) is 0 Å². The first kappa shape index (κ1) is 12.8. The van der Waals surface area contributed by atoms with Crippen LogP contribution in [0.4, 0.5) is 0 Å². The van der Waals surface area contributed by atoms with E-state index in [-0.39, 0.29) is 0 Å². The Morgan fingerprint density at radius 1 is 1.15 bits per heavy atom. The first-order chi connectivity index (χ1) is 5.55. The molecule has 0 fully saturated rings. The first-order valence-corrected chi connectivity index (χ1v) is 3.59. The Hall–Kier alpha value is -0.215. The van der Waals surface area contributed by atoms with Crippen LogP contribution in [0.3, 0.4) is 0 Å². The normalized spacial score (nSPS) is 23.1. The van der Waals surface area contributed by atoms with Crippen LogP contribution in [0.15, 0.2) is 0 Å². The number of aliphatic hydroxyl groups is 2. The topological polar surface area (TPSA) is 142 Å². The summed E-state index contributed by atoms with van der Waals surface area (Å²) in [5.41, 5.74) is 6.40. The monoisotopic (exact) mass is 194 g/mol. The van der Waals surface area contributed by atoms with Gasteiger partial charge in [0.1, 0.15) is 17.6 Å². The number of nitrogens with two attached hydrogens (primary N) is 2. The molecule has 13 heavy (non-hydrogen) atoms. The Balaban J connectivity index is 4.58. The smallest absolute Gasteiger partial charge is 0.402 e. The zero-order chi connectivity index (χ0) is 10.9. The van der Waals surface area contributed by atoms with E-state index in [4.69, 9.17) is 21.5 Å². The summed E-state index contributed by atoms with van der Waals surface area (Å²) in [6.07, 6.45) is -1.53. The van der Waals surface area contributed by atoms with E-state index < -0.39 is 24.9 Å². The minimum absolute atomic E-state index is 1.11. The molecular formula is C5H15BN2O5. The molecule has 0 heterocycles. The molecular weight excluding hydrogens is 179 g/mol. The molecule has 0 aromatic heterocycles. The van der Waals surface area contributed by atoms with Gasteiger partial charge in [-0.05, 0) is 13.8 Å². The van der Waals surface area contributed by atoms with E-state index in [9.17, 15) is 10.2 Å². The maximum Gasteiger partial charge on any atom is 0.634 e. The van der Waals surface area contributed by atoms with Gasteiger partial charge < -0.3 is 36.4 Å². The molecule has 0 aliphatic rings. The number of hydrogen-bond acceptors (Lipinski definition) is 7. The molecule has 0 amide bonds. The van der Waals surface area contributed by atoms with Crippen molar-refractivity contribution < 1.29 is 24.9 Å². The lowest BCUT2D eigenvalue weighted by molar-refractivity contribution is -0.153. The lowest BCUT2D eigenvalue weighted by Gasteiger charge is -2.37. The molecule has 0 saturated heterocycles. The number of hydrogen-bond donors (Lipinski definition) is 6. The van der Waals surface area contributed by atoms with E-state index in [0.717, 1.165) is 13.8 Å². The summed E-state index contributed by atoms with van der Waals surface area (Å²) in [6, 6.07) is 0. The van der Waals surface area contributed by atoms with Crippen LogP contribution in [0.1, 0.15) is 13.8 Å². The summed E-state index contributed by atoms with van der Waals surface area (Å²) in [5, 5.41) is 35.4. The minimum Gasteiger partial charge on any atom is -0.402 e. The average molecular weight is 194 g/mol. The van der Waals surface area contributed by atoms with Gasteiger partial charge in [-0.1, -0.05) is 0 Å². The highest BCUT2D eigenvalue weighted by Gasteiger charge is 2.42. The summed E-state index contributed by atoms with van der Waals surface area (Å²) < 4.78 is 4.34. The molecule has 0 aliphatic carbocycles. The van der Waals surface area contributed by atoms with Crippen LogP contribution >= 0.6 is 0 Å². The standard InChI is InChI=1S/C5H15BN2O5/c1-4(7,9)3(5(2,8)10)13-6(11)12/h3,9-12H,7-8H2,1-2H3. The van der Waals surface area contributed by atoms with Gasteiger partial charge in [0.05, 0.1) is 0 Å². The lowest BCUT2D eigenvalue weighted by atomic mass is 9.98. The quantitative estimate of drug-likeness (QED) is 0.203. The second kappa shape index (κ2) is 3.88. The van der Waals surface area contributed by atoms with E-state index >= 15 is 0 Å². The predicted octanol–water partition coefficient (Wildman–Crippen LogP) is -3.32. The van der Waals surface area contributed by atoms with Crippen LogP contribution < -0.4 is 11.5 Å². The molecule has 2 unspecified atom stereocenters. The summed E-state index contributed by atoms with van der Waals surface area (Å²) in [5.74, 6) is 0. The predicted molar refractivity (Wildman–Crippen MR) is 44.7 cm³/mol. The van der Waals surface area contributed by atoms with Crippen molar-refractivity contribution >= 4 is 7.32 Å². The highest BCUT2D eigenvalue weighted by Crippen LogP contribution is 2.16. The van der Waals surface area contributed by atoms with Gasteiger partial charge in [0.2, 0.25) is 0 Å². The van der Waals surface area contributed by atoms with E-state index in [0.29, 0.717) is 0 Å². The molecule has 0 aliphatic heterocycles. The van der Waals surface area contributed by atoms with Crippen LogP contribution in [0.2, 0.25) is 0 Å². The fourth-order valence-electron chi connectivity index (χ4n) is 0.989. The number of rotatable bonds is 4. The fourth-order valence-corrected chi connectivity index (χ4v) is 0.989. The molecule has 7 nitrogen and oxygen atoms in total. The van der Waals surface area contributed by atoms with Crippen molar-refractivity contribution in [1.29, 1.82) is 0 Å². The van der Waals surface area contributed by atoms with E-state index in [1.165, 1.54) is 0 Å². The van der Waals surface area contributed by atoms with E-state index in [1.807, 2.05) is 0 Å². The van der Waals surface area contributed by atoms with Crippen molar-refractivity contribution in [2.24, 2.45) is 11.5 Å². The molecule has 0 bridgehead atoms. The molecule has 0 aromatic rings. The summed E-state index contributed by atoms with van der Waals surface area (Å²) in [6.45, 7) is 2.22. The molecule has 2 atom stereocenters. The Bertz CT molecular complexity index is 149. The largest absolute Gasteiger partial charge is 0.634 e. The molecule has 8 N–H and O–H groups in total. The molecule has 8 heteroatoms. The Labute approximate surface area is 76.1 Å². The van der Waals surface area contributed by atoms with Gasteiger partial charge in [0, 0.05) is 0 Å². The molecule has 0 spiro atoms. The van der Waals surface area contributed by atoms with Gasteiger partial charge in [-0.2, -0.15) is 0 Å². The van der Waals surface area contributed by atoms with Crippen molar-refractivity contribution in [3.63, 3.8) is 0 Å². The average Bonchev–Trinajstić information content (AvgIpc) is 1.77. The Kier molecular flexibility index (Phi) is 3.82. The molecule has 0 aromatic carbocycles. The Morgan fingerprint density at radius 2 is 1.46 bits per heavy atom. The summed E-state index contributed by atoms with van der Waals surface area (Å²) in [7, 11) is -2.17. The van der Waals surface area contributed by atoms with Crippen LogP contribution in [0.5, 0.6) is 0 Å². The summed E-state index contributed by atoms with van der Waals surface area (Å²) in [4.78, 5) is 0. The van der Waals surface area contributed by atoms with Gasteiger partial charge in [-0.3, -0.25) is 0 Å². The van der Waals surface area contributed by atoms with Crippen molar-refractivity contribution in [2.75, 3.05) is 0 Å². The zero-order valence-corrected chi connectivity index (χ0v) is 7.51. The molecule has 0 rings (SSSR count). The second-order valence-electron chi connectivity index (χ2n) is 3.29. The minimum atomic E-state index is -2.17. The molecule has 0 saturated carbocycles. The summed E-state index contributed by atoms with van der Waals surface area (Å²) >= 11 is 0. The second-order valence-corrected chi connectivity index (χ2v) is 3.29. The van der Waals surface area contributed by atoms with E-state index in [1.54, 1.807) is 0 Å². The highest BCUT2D eigenvalue weighted by molar-refractivity contribution is 6.32. The third-order valence-corrected chi connectivity index (χ3v) is 1.32. The van der Waals surface area contributed by atoms with Gasteiger partial charge >= 0.3 is 7.32 Å². The maximum absolute atomic E-state index is 9.25. The first-order valence-electron chi connectivity index (χ1n) is 3.59. The zero-order valence-electron chi connectivity index (χ0n) is 7.51. The third kappa shape index (κ3) is 4.53. The van der Waals surface area contributed by atoms with Crippen LogP contribution in [-0.2, 0) is 4.65 Å². The maximum atomic E-state index is 9.25. The van der Waals surface area contributed by atoms with Crippen LogP contribution in [0.25, 0.3) is 0 Å². The van der Waals surface area contributed by atoms with Gasteiger partial charge in [0.25, 0.3) is 0 Å². The van der Waals surface area contributed by atoms with Crippen molar-refractivity contribution in [1.82, 2.24) is 0 Å². The van der Waals surface area contributed by atoms with Gasteiger partial charge in [-0.25, -0.2) is 0 Å². The third-order valence-electron chi connectivity index (χ3n) is 1.32. The van der Waals surface area contributed by atoms with Crippen molar-refractivity contribution in [3.05, 3.63) is 0 Å². The fraction of sp³-hybridized carbons (Fsp3) is 1.00. The molecule has 0 radical (unpaired) electrons. The van der Waals surface area contributed by atoms with Crippen molar-refractivity contribution in [2.45, 2.75) is 31.4 Å². The van der Waals surface area contributed by atoms with Crippen molar-refractivity contribution in [3.8, 4) is 0 Å². The van der Waals surface area contributed by atoms with Gasteiger partial charge in [0.15, 0.2) is 0 Å². The van der Waals surface area contributed by atoms with Gasteiger partial charge in [-0.15, -0.1) is 0 Å². The Morgan fingerprint density at radius 3 is 1.54 bits per heavy atom. The lowest BCUT2D eigenvalue weighted by Crippen LogP contribution is -2.65. The van der Waals surface area contributed by atoms with Crippen LogP contribution in [-0.4, -0.2) is 45.1 Å². The SMILES string of the molecule is CC(N)(O)C(OB(O)O)C(C)(N)O. The van der Waals surface area contributed by atoms with E-state index in [2.05, 4.69) is 4.65 Å². The molecule has 78 valence electrons.